The lowest BCUT2D eigenvalue weighted by atomic mass is 9.89. The summed E-state index contributed by atoms with van der Waals surface area (Å²) in [6.45, 7) is 0. The molecule has 1 fully saturated rings. The molecule has 0 atom stereocenters. The predicted molar refractivity (Wildman–Crippen MR) is 117 cm³/mol. The molecule has 2 aromatic rings. The Morgan fingerprint density at radius 1 is 1.13 bits per heavy atom. The highest BCUT2D eigenvalue weighted by Crippen LogP contribution is 2.23. The van der Waals surface area contributed by atoms with Crippen LogP contribution in [-0.2, 0) is 14.8 Å². The maximum atomic E-state index is 12.5. The van der Waals surface area contributed by atoms with Crippen molar-refractivity contribution >= 4 is 44.8 Å². The molecule has 0 unspecified atom stereocenters. The second-order valence-corrected chi connectivity index (χ2v) is 8.94. The van der Waals surface area contributed by atoms with Gasteiger partial charge in [0.2, 0.25) is 11.8 Å². The molecular weight excluding hydrogens is 426 g/mol. The highest BCUT2D eigenvalue weighted by molar-refractivity contribution is 7.92. The molecule has 1 amide bonds. The second kappa shape index (κ2) is 9.81. The van der Waals surface area contributed by atoms with E-state index in [0.717, 1.165) is 25.7 Å². The van der Waals surface area contributed by atoms with E-state index in [2.05, 4.69) is 25.3 Å². The first kappa shape index (κ1) is 21.9. The largest absolute Gasteiger partial charge is 0.481 e. The molecule has 0 bridgehead atoms. The fourth-order valence-corrected chi connectivity index (χ4v) is 4.38. The number of thiocarbonyl (C=S) groups is 1. The highest BCUT2D eigenvalue weighted by atomic mass is 32.2. The van der Waals surface area contributed by atoms with Crippen LogP contribution in [0.15, 0.2) is 41.6 Å². The SMILES string of the molecule is COc1cc(NS(=O)(=O)c2ccc(NC(=S)NC(=O)C3CCCCC3)cc2)ncn1. The number of hydrogen-bond acceptors (Lipinski definition) is 7. The van der Waals surface area contributed by atoms with Crippen molar-refractivity contribution in [3.63, 3.8) is 0 Å². The Morgan fingerprint density at radius 3 is 2.50 bits per heavy atom. The lowest BCUT2D eigenvalue weighted by molar-refractivity contribution is -0.124. The van der Waals surface area contributed by atoms with E-state index in [-0.39, 0.29) is 33.5 Å². The zero-order valence-electron chi connectivity index (χ0n) is 16.4. The highest BCUT2D eigenvalue weighted by Gasteiger charge is 2.22. The van der Waals surface area contributed by atoms with E-state index in [4.69, 9.17) is 17.0 Å². The summed E-state index contributed by atoms with van der Waals surface area (Å²) in [7, 11) is -2.42. The number of methoxy groups -OCH3 is 1. The van der Waals surface area contributed by atoms with Gasteiger partial charge in [0, 0.05) is 17.7 Å². The molecule has 160 valence electrons. The number of carbonyl (C=O) groups is 1. The van der Waals surface area contributed by atoms with Crippen LogP contribution in [0.5, 0.6) is 5.88 Å². The first-order valence-corrected chi connectivity index (χ1v) is 11.4. The van der Waals surface area contributed by atoms with Crippen molar-refractivity contribution in [1.29, 1.82) is 0 Å². The zero-order chi connectivity index (χ0) is 21.6. The molecule has 11 heteroatoms. The monoisotopic (exact) mass is 449 g/mol. The van der Waals surface area contributed by atoms with Crippen molar-refractivity contribution in [1.82, 2.24) is 15.3 Å². The number of benzene rings is 1. The van der Waals surface area contributed by atoms with Gasteiger partial charge in [0.25, 0.3) is 10.0 Å². The van der Waals surface area contributed by atoms with Crippen LogP contribution >= 0.6 is 12.2 Å². The quantitative estimate of drug-likeness (QED) is 0.576. The molecule has 1 saturated carbocycles. The van der Waals surface area contributed by atoms with Gasteiger partial charge in [-0.05, 0) is 49.3 Å². The minimum Gasteiger partial charge on any atom is -0.481 e. The van der Waals surface area contributed by atoms with E-state index >= 15 is 0 Å². The van der Waals surface area contributed by atoms with Crippen LogP contribution in [-0.4, -0.2) is 36.5 Å². The van der Waals surface area contributed by atoms with Gasteiger partial charge in [0.1, 0.15) is 12.1 Å². The van der Waals surface area contributed by atoms with E-state index in [1.54, 1.807) is 12.1 Å². The Bertz CT molecular complexity index is 1010. The summed E-state index contributed by atoms with van der Waals surface area (Å²) < 4.78 is 32.4. The third kappa shape index (κ3) is 5.86. The number of anilines is 2. The Morgan fingerprint density at radius 2 is 1.83 bits per heavy atom. The molecule has 30 heavy (non-hydrogen) atoms. The van der Waals surface area contributed by atoms with Crippen molar-refractivity contribution in [2.75, 3.05) is 17.1 Å². The maximum absolute atomic E-state index is 12.5. The summed E-state index contributed by atoms with van der Waals surface area (Å²) in [5.74, 6) is 0.259. The molecule has 9 nitrogen and oxygen atoms in total. The zero-order valence-corrected chi connectivity index (χ0v) is 18.1. The molecule has 1 aliphatic rings. The Hall–Kier alpha value is -2.79. The standard InChI is InChI=1S/C19H23N5O4S2/c1-28-17-11-16(20-12-21-17)24-30(26,27)15-9-7-14(8-10-15)22-19(29)23-18(25)13-5-3-2-4-6-13/h7-13H,2-6H2,1H3,(H,20,21,24)(H2,22,23,25,29). The van der Waals surface area contributed by atoms with Crippen LogP contribution in [0.3, 0.4) is 0 Å². The van der Waals surface area contributed by atoms with Crippen LogP contribution in [0.4, 0.5) is 11.5 Å². The third-order valence-electron chi connectivity index (χ3n) is 4.73. The number of nitrogens with one attached hydrogen (secondary N) is 3. The fourth-order valence-electron chi connectivity index (χ4n) is 3.16. The Labute approximate surface area is 180 Å². The molecule has 1 aliphatic carbocycles. The number of rotatable bonds is 6. The van der Waals surface area contributed by atoms with Gasteiger partial charge in [-0.3, -0.25) is 9.52 Å². The molecule has 3 N–H and O–H groups in total. The van der Waals surface area contributed by atoms with Crippen LogP contribution in [0.2, 0.25) is 0 Å². The van der Waals surface area contributed by atoms with Crippen molar-refractivity contribution in [3.05, 3.63) is 36.7 Å². The molecule has 0 aliphatic heterocycles. The van der Waals surface area contributed by atoms with Crippen LogP contribution in [0, 0.1) is 5.92 Å². The number of ether oxygens (including phenoxy) is 1. The number of hydrogen-bond donors (Lipinski definition) is 3. The smallest absolute Gasteiger partial charge is 0.263 e. The molecule has 1 aromatic heterocycles. The molecule has 1 heterocycles. The first-order chi connectivity index (χ1) is 14.4. The van der Waals surface area contributed by atoms with E-state index in [1.165, 1.54) is 38.1 Å². The first-order valence-electron chi connectivity index (χ1n) is 9.48. The van der Waals surface area contributed by atoms with Gasteiger partial charge in [-0.15, -0.1) is 0 Å². The van der Waals surface area contributed by atoms with E-state index in [0.29, 0.717) is 5.69 Å². The van der Waals surface area contributed by atoms with Gasteiger partial charge in [-0.2, -0.15) is 0 Å². The maximum Gasteiger partial charge on any atom is 0.263 e. The molecule has 0 spiro atoms. The van der Waals surface area contributed by atoms with Gasteiger partial charge in [0.05, 0.1) is 12.0 Å². The fraction of sp³-hybridized carbons (Fsp3) is 0.368. The molecular formula is C19H23N5O4S2. The number of nitrogens with zero attached hydrogens (tertiary/aromatic N) is 2. The number of carbonyl (C=O) groups excluding carboxylic acids is 1. The Balaban J connectivity index is 1.59. The number of aromatic nitrogens is 2. The second-order valence-electron chi connectivity index (χ2n) is 6.85. The molecule has 0 saturated heterocycles. The van der Waals surface area contributed by atoms with Gasteiger partial charge in [0.15, 0.2) is 5.11 Å². The topological polar surface area (TPSA) is 122 Å². The predicted octanol–water partition coefficient (Wildman–Crippen LogP) is 2.68. The van der Waals surface area contributed by atoms with Crippen LogP contribution in [0.25, 0.3) is 0 Å². The van der Waals surface area contributed by atoms with Crippen LogP contribution < -0.4 is 20.1 Å². The Kier molecular flexibility index (Phi) is 7.16. The van der Waals surface area contributed by atoms with Gasteiger partial charge in [-0.25, -0.2) is 18.4 Å². The van der Waals surface area contributed by atoms with Crippen molar-refractivity contribution in [3.8, 4) is 5.88 Å². The molecule has 0 radical (unpaired) electrons. The van der Waals surface area contributed by atoms with Crippen molar-refractivity contribution in [2.45, 2.75) is 37.0 Å². The average Bonchev–Trinajstić information content (AvgIpc) is 2.74. The summed E-state index contributed by atoms with van der Waals surface area (Å²) in [6.07, 6.45) is 6.25. The van der Waals surface area contributed by atoms with Crippen LogP contribution in [0.1, 0.15) is 32.1 Å². The number of amides is 1. The summed E-state index contributed by atoms with van der Waals surface area (Å²) >= 11 is 5.20. The third-order valence-corrected chi connectivity index (χ3v) is 6.30. The van der Waals surface area contributed by atoms with E-state index < -0.39 is 10.0 Å². The van der Waals surface area contributed by atoms with Gasteiger partial charge >= 0.3 is 0 Å². The van der Waals surface area contributed by atoms with E-state index in [9.17, 15) is 13.2 Å². The minimum absolute atomic E-state index is 0.00230. The van der Waals surface area contributed by atoms with Gasteiger partial charge < -0.3 is 15.4 Å². The number of sulfonamides is 1. The normalized spacial score (nSPS) is 14.6. The lowest BCUT2D eigenvalue weighted by Gasteiger charge is -2.21. The van der Waals surface area contributed by atoms with Gasteiger partial charge in [-0.1, -0.05) is 19.3 Å². The summed E-state index contributed by atoms with van der Waals surface area (Å²) in [6, 6.07) is 7.35. The van der Waals surface area contributed by atoms with Crippen molar-refractivity contribution < 1.29 is 17.9 Å². The summed E-state index contributed by atoms with van der Waals surface area (Å²) in [5, 5.41) is 5.80. The average molecular weight is 450 g/mol. The summed E-state index contributed by atoms with van der Waals surface area (Å²) in [4.78, 5) is 20.0. The lowest BCUT2D eigenvalue weighted by Crippen LogP contribution is -2.38. The minimum atomic E-state index is -3.84. The molecule has 3 rings (SSSR count). The van der Waals surface area contributed by atoms with E-state index in [1.807, 2.05) is 0 Å². The molecule has 1 aromatic carbocycles. The van der Waals surface area contributed by atoms with Crippen molar-refractivity contribution in [2.24, 2.45) is 5.92 Å². The summed E-state index contributed by atoms with van der Waals surface area (Å²) in [5.41, 5.74) is 0.562.